The molecule has 0 spiro atoms. The molecule has 1 N–H and O–H groups in total. The van der Waals surface area contributed by atoms with Crippen LogP contribution in [0.4, 0.5) is 0 Å². The Morgan fingerprint density at radius 3 is 2.38 bits per heavy atom. The number of rotatable bonds is 3. The van der Waals surface area contributed by atoms with E-state index in [1.807, 2.05) is 0 Å². The lowest BCUT2D eigenvalue weighted by Gasteiger charge is -2.32. The standard InChI is InChI=1S/C13H23NO2/c1-9-7-12(2,3)8-13(9,11(15)16-4)14-10-5-6-10/h9-10,14H,5-8H2,1-4H3. The van der Waals surface area contributed by atoms with E-state index in [4.69, 9.17) is 4.74 Å². The molecule has 2 fully saturated rings. The maximum atomic E-state index is 12.1. The summed E-state index contributed by atoms with van der Waals surface area (Å²) in [5, 5.41) is 3.55. The molecule has 0 heterocycles. The Hall–Kier alpha value is -0.570. The first-order valence-corrected chi connectivity index (χ1v) is 6.26. The largest absolute Gasteiger partial charge is 0.468 e. The number of hydrogen-bond donors (Lipinski definition) is 1. The van der Waals surface area contributed by atoms with E-state index in [0.717, 1.165) is 12.8 Å². The van der Waals surface area contributed by atoms with Crippen molar-refractivity contribution in [3.8, 4) is 0 Å². The highest BCUT2D eigenvalue weighted by Crippen LogP contribution is 2.49. The van der Waals surface area contributed by atoms with Crippen LogP contribution in [0.3, 0.4) is 0 Å². The zero-order chi connectivity index (χ0) is 12.0. The van der Waals surface area contributed by atoms with Crippen LogP contribution < -0.4 is 5.32 Å². The Morgan fingerprint density at radius 2 is 2.00 bits per heavy atom. The maximum absolute atomic E-state index is 12.1. The molecule has 2 saturated carbocycles. The van der Waals surface area contributed by atoms with Crippen LogP contribution in [-0.2, 0) is 9.53 Å². The first-order valence-electron chi connectivity index (χ1n) is 6.26. The van der Waals surface area contributed by atoms with Crippen molar-refractivity contribution in [3.63, 3.8) is 0 Å². The Bertz CT molecular complexity index is 296. The second-order valence-electron chi connectivity index (χ2n) is 6.33. The Labute approximate surface area is 97.9 Å². The molecule has 0 aromatic heterocycles. The van der Waals surface area contributed by atoms with E-state index >= 15 is 0 Å². The molecule has 0 aromatic carbocycles. The number of esters is 1. The summed E-state index contributed by atoms with van der Waals surface area (Å²) in [6.07, 6.45) is 4.38. The quantitative estimate of drug-likeness (QED) is 0.748. The average molecular weight is 225 g/mol. The first kappa shape index (κ1) is 11.9. The molecule has 0 bridgehead atoms. The fourth-order valence-electron chi connectivity index (χ4n) is 3.30. The first-order chi connectivity index (χ1) is 7.39. The van der Waals surface area contributed by atoms with Crippen molar-refractivity contribution in [3.05, 3.63) is 0 Å². The van der Waals surface area contributed by atoms with Gasteiger partial charge in [0, 0.05) is 6.04 Å². The number of ether oxygens (including phenoxy) is 1. The summed E-state index contributed by atoms with van der Waals surface area (Å²) in [4.78, 5) is 12.1. The van der Waals surface area contributed by atoms with E-state index < -0.39 is 5.54 Å². The summed E-state index contributed by atoms with van der Waals surface area (Å²) >= 11 is 0. The third-order valence-corrected chi connectivity index (χ3v) is 4.05. The highest BCUT2D eigenvalue weighted by molar-refractivity contribution is 5.82. The molecule has 0 radical (unpaired) electrons. The molecule has 2 atom stereocenters. The van der Waals surface area contributed by atoms with E-state index in [1.54, 1.807) is 0 Å². The zero-order valence-corrected chi connectivity index (χ0v) is 10.8. The van der Waals surface area contributed by atoms with Gasteiger partial charge in [-0.25, -0.2) is 0 Å². The third-order valence-electron chi connectivity index (χ3n) is 4.05. The number of carbonyl (C=O) groups excluding carboxylic acids is 1. The topological polar surface area (TPSA) is 38.3 Å². The fraction of sp³-hybridized carbons (Fsp3) is 0.923. The van der Waals surface area contributed by atoms with E-state index in [2.05, 4.69) is 26.1 Å². The van der Waals surface area contributed by atoms with Gasteiger partial charge < -0.3 is 4.74 Å². The predicted octanol–water partition coefficient (Wildman–Crippen LogP) is 2.11. The number of nitrogens with one attached hydrogen (secondary N) is 1. The van der Waals surface area contributed by atoms with Crippen LogP contribution in [0, 0.1) is 11.3 Å². The van der Waals surface area contributed by atoms with Gasteiger partial charge in [-0.05, 0) is 37.0 Å². The van der Waals surface area contributed by atoms with Crippen molar-refractivity contribution in [2.24, 2.45) is 11.3 Å². The van der Waals surface area contributed by atoms with Crippen LogP contribution in [0.25, 0.3) is 0 Å². The summed E-state index contributed by atoms with van der Waals surface area (Å²) in [5.74, 6) is 0.285. The predicted molar refractivity (Wildman–Crippen MR) is 63.1 cm³/mol. The molecule has 2 unspecified atom stereocenters. The van der Waals surface area contributed by atoms with Crippen LogP contribution in [0.1, 0.15) is 46.5 Å². The maximum Gasteiger partial charge on any atom is 0.326 e. The van der Waals surface area contributed by atoms with Crippen LogP contribution in [0.15, 0.2) is 0 Å². The van der Waals surface area contributed by atoms with Gasteiger partial charge in [0.1, 0.15) is 5.54 Å². The lowest BCUT2D eigenvalue weighted by Crippen LogP contribution is -2.56. The molecule has 16 heavy (non-hydrogen) atoms. The summed E-state index contributed by atoms with van der Waals surface area (Å²) in [6.45, 7) is 6.65. The lowest BCUT2D eigenvalue weighted by molar-refractivity contribution is -0.150. The van der Waals surface area contributed by atoms with E-state index in [9.17, 15) is 4.79 Å². The third kappa shape index (κ3) is 1.97. The molecule has 2 rings (SSSR count). The number of hydrogen-bond acceptors (Lipinski definition) is 3. The molecule has 0 saturated heterocycles. The minimum atomic E-state index is -0.431. The van der Waals surface area contributed by atoms with Crippen molar-refractivity contribution in [1.82, 2.24) is 5.32 Å². The van der Waals surface area contributed by atoms with Gasteiger partial charge in [-0.3, -0.25) is 10.1 Å². The molecule has 0 aliphatic heterocycles. The van der Waals surface area contributed by atoms with Gasteiger partial charge >= 0.3 is 5.97 Å². The molecule has 3 nitrogen and oxygen atoms in total. The Morgan fingerprint density at radius 1 is 1.38 bits per heavy atom. The Kier molecular flexibility index (Phi) is 2.77. The highest BCUT2D eigenvalue weighted by atomic mass is 16.5. The Balaban J connectivity index is 2.22. The van der Waals surface area contributed by atoms with Crippen molar-refractivity contribution >= 4 is 5.97 Å². The van der Waals surface area contributed by atoms with Gasteiger partial charge in [0.15, 0.2) is 0 Å². The molecule has 92 valence electrons. The zero-order valence-electron chi connectivity index (χ0n) is 10.8. The second-order valence-corrected chi connectivity index (χ2v) is 6.33. The summed E-state index contributed by atoms with van der Waals surface area (Å²) in [5.41, 5.74) is -0.199. The molecule has 2 aliphatic carbocycles. The van der Waals surface area contributed by atoms with Crippen LogP contribution in [0.2, 0.25) is 0 Å². The molecule has 0 amide bonds. The minimum absolute atomic E-state index is 0.0718. The fourth-order valence-corrected chi connectivity index (χ4v) is 3.30. The van der Waals surface area contributed by atoms with E-state index in [1.165, 1.54) is 20.0 Å². The molecular formula is C13H23NO2. The van der Waals surface area contributed by atoms with E-state index in [-0.39, 0.29) is 11.4 Å². The summed E-state index contributed by atoms with van der Waals surface area (Å²) < 4.78 is 5.03. The smallest absolute Gasteiger partial charge is 0.326 e. The minimum Gasteiger partial charge on any atom is -0.468 e. The molecule has 3 heteroatoms. The highest BCUT2D eigenvalue weighted by Gasteiger charge is 2.55. The van der Waals surface area contributed by atoms with E-state index in [0.29, 0.717) is 12.0 Å². The van der Waals surface area contributed by atoms with Gasteiger partial charge in [0.2, 0.25) is 0 Å². The normalized spacial score (nSPS) is 37.4. The van der Waals surface area contributed by atoms with Crippen molar-refractivity contribution in [2.75, 3.05) is 7.11 Å². The van der Waals surface area contributed by atoms with Crippen LogP contribution >= 0.6 is 0 Å². The van der Waals surface area contributed by atoms with Gasteiger partial charge in [-0.2, -0.15) is 0 Å². The van der Waals surface area contributed by atoms with Crippen molar-refractivity contribution < 1.29 is 9.53 Å². The summed E-state index contributed by atoms with van der Waals surface area (Å²) in [7, 11) is 1.50. The van der Waals surface area contributed by atoms with Gasteiger partial charge in [0.05, 0.1) is 7.11 Å². The second kappa shape index (κ2) is 3.73. The SMILES string of the molecule is COC(=O)C1(NC2CC2)CC(C)(C)CC1C. The van der Waals surface area contributed by atoms with Crippen LogP contribution in [0.5, 0.6) is 0 Å². The molecule has 2 aliphatic rings. The molecule has 0 aromatic rings. The van der Waals surface area contributed by atoms with Gasteiger partial charge in [-0.1, -0.05) is 20.8 Å². The molecular weight excluding hydrogens is 202 g/mol. The van der Waals surface area contributed by atoms with Gasteiger partial charge in [0.25, 0.3) is 0 Å². The number of carbonyl (C=O) groups is 1. The number of methoxy groups -OCH3 is 1. The van der Waals surface area contributed by atoms with Gasteiger partial charge in [-0.15, -0.1) is 0 Å². The van der Waals surface area contributed by atoms with Crippen molar-refractivity contribution in [2.45, 2.75) is 58.0 Å². The monoisotopic (exact) mass is 225 g/mol. The summed E-state index contributed by atoms with van der Waals surface area (Å²) in [6, 6.07) is 0.537. The average Bonchev–Trinajstić information content (AvgIpc) is 2.93. The van der Waals surface area contributed by atoms with Crippen molar-refractivity contribution in [1.29, 1.82) is 0 Å². The van der Waals surface area contributed by atoms with Crippen LogP contribution in [-0.4, -0.2) is 24.7 Å². The lowest BCUT2D eigenvalue weighted by atomic mass is 9.86.